The van der Waals surface area contributed by atoms with E-state index >= 15 is 0 Å². The van der Waals surface area contributed by atoms with Gasteiger partial charge in [-0.3, -0.25) is 4.90 Å². The van der Waals surface area contributed by atoms with E-state index in [1.807, 2.05) is 29.1 Å². The van der Waals surface area contributed by atoms with Gasteiger partial charge in [0.25, 0.3) is 0 Å². The molecule has 0 atom stereocenters. The Bertz CT molecular complexity index is 817. The lowest BCUT2D eigenvalue weighted by atomic mass is 10.2. The second kappa shape index (κ2) is 6.98. The van der Waals surface area contributed by atoms with Crippen molar-refractivity contribution in [3.63, 3.8) is 0 Å². The van der Waals surface area contributed by atoms with Gasteiger partial charge in [0.2, 0.25) is 0 Å². The van der Waals surface area contributed by atoms with Crippen LogP contribution in [0.4, 0.5) is 5.69 Å². The van der Waals surface area contributed by atoms with E-state index in [9.17, 15) is 0 Å². The topological polar surface area (TPSA) is 37.2 Å². The Labute approximate surface area is 152 Å². The maximum atomic E-state index is 4.74. The number of aryl methyl sites for hydroxylation is 1. The number of anilines is 1. The molecule has 0 aliphatic carbocycles. The van der Waals surface area contributed by atoms with Crippen molar-refractivity contribution in [2.45, 2.75) is 20.4 Å². The van der Waals surface area contributed by atoms with Crippen LogP contribution < -0.4 is 4.90 Å². The predicted molar refractivity (Wildman–Crippen MR) is 103 cm³/mol. The fraction of sp³-hybridized carbons (Fsp3) is 0.368. The van der Waals surface area contributed by atoms with Gasteiger partial charge in [0, 0.05) is 38.9 Å². The Morgan fingerprint density at radius 2 is 1.92 bits per heavy atom. The van der Waals surface area contributed by atoms with Gasteiger partial charge in [0.15, 0.2) is 5.82 Å². The van der Waals surface area contributed by atoms with Gasteiger partial charge in [-0.25, -0.2) is 9.67 Å². The molecule has 130 valence electrons. The van der Waals surface area contributed by atoms with E-state index in [1.54, 1.807) is 11.3 Å². The second-order valence-electron chi connectivity index (χ2n) is 6.51. The molecule has 1 aliphatic heterocycles. The quantitative estimate of drug-likeness (QED) is 0.721. The van der Waals surface area contributed by atoms with Crippen LogP contribution in [0.25, 0.3) is 5.82 Å². The molecule has 4 heterocycles. The summed E-state index contributed by atoms with van der Waals surface area (Å²) in [5, 5.41) is 9.14. The molecule has 25 heavy (non-hydrogen) atoms. The number of nitrogens with zero attached hydrogens (tertiary/aromatic N) is 5. The summed E-state index contributed by atoms with van der Waals surface area (Å²) in [7, 11) is 0. The van der Waals surface area contributed by atoms with Crippen molar-refractivity contribution >= 4 is 17.0 Å². The molecule has 0 aromatic carbocycles. The molecule has 1 saturated heterocycles. The Morgan fingerprint density at radius 1 is 1.08 bits per heavy atom. The van der Waals surface area contributed by atoms with Crippen LogP contribution in [0.15, 0.2) is 41.2 Å². The molecule has 3 aromatic rings. The van der Waals surface area contributed by atoms with Crippen LogP contribution in [0, 0.1) is 13.8 Å². The normalized spacial score (nSPS) is 15.7. The molecule has 0 N–H and O–H groups in total. The summed E-state index contributed by atoms with van der Waals surface area (Å²) in [6.07, 6.45) is 1.81. The molecule has 6 heteroatoms. The van der Waals surface area contributed by atoms with Crippen molar-refractivity contribution in [3.05, 3.63) is 58.2 Å². The van der Waals surface area contributed by atoms with Crippen LogP contribution in [-0.4, -0.2) is 45.8 Å². The molecule has 0 saturated carbocycles. The monoisotopic (exact) mass is 353 g/mol. The van der Waals surface area contributed by atoms with Gasteiger partial charge in [0.1, 0.15) is 0 Å². The number of rotatable bonds is 4. The molecule has 0 bridgehead atoms. The highest BCUT2D eigenvalue weighted by atomic mass is 32.1. The molecule has 5 nitrogen and oxygen atoms in total. The highest BCUT2D eigenvalue weighted by Crippen LogP contribution is 2.27. The fourth-order valence-electron chi connectivity index (χ4n) is 3.56. The van der Waals surface area contributed by atoms with E-state index in [0.29, 0.717) is 0 Å². The van der Waals surface area contributed by atoms with Gasteiger partial charge in [-0.1, -0.05) is 6.07 Å². The maximum Gasteiger partial charge on any atom is 0.153 e. The zero-order valence-corrected chi connectivity index (χ0v) is 15.5. The summed E-state index contributed by atoms with van der Waals surface area (Å²) in [4.78, 5) is 9.45. The van der Waals surface area contributed by atoms with E-state index < -0.39 is 0 Å². The van der Waals surface area contributed by atoms with Gasteiger partial charge in [0.05, 0.1) is 17.1 Å². The minimum atomic E-state index is 0.880. The van der Waals surface area contributed by atoms with Crippen LogP contribution in [0.2, 0.25) is 0 Å². The van der Waals surface area contributed by atoms with E-state index in [-0.39, 0.29) is 0 Å². The van der Waals surface area contributed by atoms with Gasteiger partial charge < -0.3 is 4.90 Å². The van der Waals surface area contributed by atoms with Crippen LogP contribution in [0.3, 0.4) is 0 Å². The van der Waals surface area contributed by atoms with Crippen molar-refractivity contribution in [1.29, 1.82) is 0 Å². The third-order valence-electron chi connectivity index (χ3n) is 4.79. The minimum Gasteiger partial charge on any atom is -0.366 e. The first-order valence-corrected chi connectivity index (χ1v) is 9.62. The first kappa shape index (κ1) is 16.3. The molecular formula is C19H23N5S. The van der Waals surface area contributed by atoms with Gasteiger partial charge >= 0.3 is 0 Å². The Morgan fingerprint density at radius 3 is 2.60 bits per heavy atom. The molecule has 1 aliphatic rings. The van der Waals surface area contributed by atoms with E-state index in [4.69, 9.17) is 5.10 Å². The highest BCUT2D eigenvalue weighted by Gasteiger charge is 2.23. The summed E-state index contributed by atoms with van der Waals surface area (Å²) < 4.78 is 1.96. The fourth-order valence-corrected chi connectivity index (χ4v) is 4.22. The highest BCUT2D eigenvalue weighted by molar-refractivity contribution is 7.07. The summed E-state index contributed by atoms with van der Waals surface area (Å²) in [5.41, 5.74) is 4.94. The van der Waals surface area contributed by atoms with Crippen molar-refractivity contribution in [2.24, 2.45) is 0 Å². The molecule has 0 spiro atoms. The van der Waals surface area contributed by atoms with E-state index in [2.05, 4.69) is 45.5 Å². The predicted octanol–water partition coefficient (Wildman–Crippen LogP) is 3.27. The third-order valence-corrected chi connectivity index (χ3v) is 5.53. The molecule has 4 rings (SSSR count). The number of piperazine rings is 1. The maximum absolute atomic E-state index is 4.74. The largest absolute Gasteiger partial charge is 0.366 e. The van der Waals surface area contributed by atoms with Crippen LogP contribution in [-0.2, 0) is 6.54 Å². The van der Waals surface area contributed by atoms with Crippen molar-refractivity contribution < 1.29 is 0 Å². The van der Waals surface area contributed by atoms with Gasteiger partial charge in [-0.15, -0.1) is 0 Å². The average molecular weight is 353 g/mol. The van der Waals surface area contributed by atoms with Gasteiger partial charge in [-0.05, 0) is 48.4 Å². The Balaban J connectivity index is 1.49. The van der Waals surface area contributed by atoms with Crippen molar-refractivity contribution in [1.82, 2.24) is 19.7 Å². The van der Waals surface area contributed by atoms with E-state index in [0.717, 1.165) is 44.2 Å². The molecule has 1 fully saturated rings. The minimum absolute atomic E-state index is 0.880. The summed E-state index contributed by atoms with van der Waals surface area (Å²) in [6, 6.07) is 8.16. The lowest BCUT2D eigenvalue weighted by Gasteiger charge is -2.36. The van der Waals surface area contributed by atoms with Crippen LogP contribution in [0.5, 0.6) is 0 Å². The lowest BCUT2D eigenvalue weighted by molar-refractivity contribution is 0.250. The molecule has 0 radical (unpaired) electrons. The third kappa shape index (κ3) is 3.32. The smallest absolute Gasteiger partial charge is 0.153 e. The Kier molecular flexibility index (Phi) is 4.55. The zero-order chi connectivity index (χ0) is 17.2. The lowest BCUT2D eigenvalue weighted by Crippen LogP contribution is -2.46. The molecule has 0 amide bonds. The average Bonchev–Trinajstić information content (AvgIpc) is 3.25. The summed E-state index contributed by atoms with van der Waals surface area (Å²) in [5.74, 6) is 0.880. The molecule has 3 aromatic heterocycles. The number of pyridine rings is 1. The number of aromatic nitrogens is 3. The molecule has 0 unspecified atom stereocenters. The van der Waals surface area contributed by atoms with Gasteiger partial charge in [-0.2, -0.15) is 16.4 Å². The number of thiophene rings is 1. The van der Waals surface area contributed by atoms with E-state index in [1.165, 1.54) is 16.9 Å². The van der Waals surface area contributed by atoms with Crippen LogP contribution in [0.1, 0.15) is 17.0 Å². The zero-order valence-electron chi connectivity index (χ0n) is 14.7. The SMILES string of the molecule is Cc1nn(-c2ccccn2)c(C)c1N1CCN(Cc2ccsc2)CC1. The first-order valence-electron chi connectivity index (χ1n) is 8.68. The summed E-state index contributed by atoms with van der Waals surface area (Å²) in [6.45, 7) is 9.55. The second-order valence-corrected chi connectivity index (χ2v) is 7.29. The van der Waals surface area contributed by atoms with Crippen molar-refractivity contribution in [3.8, 4) is 5.82 Å². The number of hydrogen-bond donors (Lipinski definition) is 0. The standard InChI is InChI=1S/C19H23N5S/c1-15-19(16(2)24(21-15)18-5-3-4-7-20-18)23-10-8-22(9-11-23)13-17-6-12-25-14-17/h3-7,12,14H,8-11,13H2,1-2H3. The number of hydrogen-bond acceptors (Lipinski definition) is 5. The Hall–Kier alpha value is -2.18. The van der Waals surface area contributed by atoms with Crippen LogP contribution >= 0.6 is 11.3 Å². The molecular weight excluding hydrogens is 330 g/mol. The first-order chi connectivity index (χ1) is 12.2. The van der Waals surface area contributed by atoms with Crippen molar-refractivity contribution in [2.75, 3.05) is 31.1 Å². The summed E-state index contributed by atoms with van der Waals surface area (Å²) >= 11 is 1.78.